The van der Waals surface area contributed by atoms with Gasteiger partial charge >= 0.3 is 6.09 Å². The van der Waals surface area contributed by atoms with Gasteiger partial charge in [-0.1, -0.05) is 0 Å². The van der Waals surface area contributed by atoms with E-state index in [1.54, 1.807) is 32.9 Å². The van der Waals surface area contributed by atoms with Crippen LogP contribution in [0.5, 0.6) is 0 Å². The molecule has 0 radical (unpaired) electrons. The van der Waals surface area contributed by atoms with Crippen LogP contribution >= 0.6 is 11.3 Å². The van der Waals surface area contributed by atoms with Crippen LogP contribution in [0.15, 0.2) is 16.3 Å². The third-order valence-corrected chi connectivity index (χ3v) is 7.37. The second kappa shape index (κ2) is 8.57. The van der Waals surface area contributed by atoms with Gasteiger partial charge in [-0.05, 0) is 45.7 Å². The molecular weight excluding hydrogens is 390 g/mol. The van der Waals surface area contributed by atoms with Crippen molar-refractivity contribution in [1.29, 1.82) is 0 Å². The average Bonchev–Trinajstić information content (AvgIpc) is 3.01. The van der Waals surface area contributed by atoms with Crippen LogP contribution in [-0.4, -0.2) is 49.5 Å². The number of carbonyl (C=O) groups excluding carboxylic acids is 2. The summed E-state index contributed by atoms with van der Waals surface area (Å²) in [5.74, 6) is -0.160. The van der Waals surface area contributed by atoms with Gasteiger partial charge in [0.2, 0.25) is 5.91 Å². The van der Waals surface area contributed by atoms with Gasteiger partial charge in [0.25, 0.3) is 10.0 Å². The monoisotopic (exact) mass is 417 g/mol. The van der Waals surface area contributed by atoms with Gasteiger partial charge in [0.1, 0.15) is 9.81 Å². The normalized spacial score (nSPS) is 16.7. The smallest absolute Gasteiger partial charge is 0.407 e. The molecular formula is C17H27N3O5S2. The van der Waals surface area contributed by atoms with Gasteiger partial charge in [0.05, 0.1) is 6.54 Å². The van der Waals surface area contributed by atoms with E-state index in [-0.39, 0.29) is 16.2 Å². The van der Waals surface area contributed by atoms with E-state index >= 15 is 0 Å². The molecule has 1 aliphatic heterocycles. The summed E-state index contributed by atoms with van der Waals surface area (Å²) in [6.07, 6.45) is 0.579. The van der Waals surface area contributed by atoms with Crippen LogP contribution in [-0.2, 0) is 26.1 Å². The lowest BCUT2D eigenvalue weighted by molar-refractivity contribution is -0.119. The number of nitrogens with zero attached hydrogens (tertiary/aromatic N) is 1. The summed E-state index contributed by atoms with van der Waals surface area (Å²) in [6, 6.07) is 3.18. The van der Waals surface area contributed by atoms with E-state index in [0.29, 0.717) is 32.5 Å². The van der Waals surface area contributed by atoms with Crippen molar-refractivity contribution in [2.75, 3.05) is 13.1 Å². The van der Waals surface area contributed by atoms with E-state index in [1.807, 2.05) is 0 Å². The number of ether oxygens (including phenoxy) is 1. The molecule has 0 atom stereocenters. The maximum absolute atomic E-state index is 12.8. The molecule has 1 aliphatic rings. The number of amides is 2. The van der Waals surface area contributed by atoms with Crippen molar-refractivity contribution in [2.45, 2.75) is 62.9 Å². The van der Waals surface area contributed by atoms with E-state index < -0.39 is 21.7 Å². The Labute approximate surface area is 164 Å². The molecule has 0 aliphatic carbocycles. The van der Waals surface area contributed by atoms with Crippen molar-refractivity contribution in [3.8, 4) is 0 Å². The van der Waals surface area contributed by atoms with E-state index in [9.17, 15) is 18.0 Å². The van der Waals surface area contributed by atoms with Crippen molar-refractivity contribution in [3.63, 3.8) is 0 Å². The van der Waals surface area contributed by atoms with Crippen molar-refractivity contribution < 1.29 is 22.7 Å². The topological polar surface area (TPSA) is 105 Å². The SMILES string of the molecule is CC(=O)NCc1ccc(S(=O)(=O)N2CCC(NC(=O)OC(C)(C)C)CC2)s1. The Morgan fingerprint density at radius 3 is 2.44 bits per heavy atom. The van der Waals surface area contributed by atoms with Crippen LogP contribution in [0.25, 0.3) is 0 Å². The molecule has 2 heterocycles. The Kier molecular flexibility index (Phi) is 6.87. The van der Waals surface area contributed by atoms with Gasteiger partial charge in [-0.15, -0.1) is 11.3 Å². The molecule has 8 nitrogen and oxygen atoms in total. The first-order valence-electron chi connectivity index (χ1n) is 8.80. The molecule has 27 heavy (non-hydrogen) atoms. The third-order valence-electron chi connectivity index (χ3n) is 3.92. The molecule has 0 spiro atoms. The van der Waals surface area contributed by atoms with Gasteiger partial charge in [0.15, 0.2) is 0 Å². The predicted molar refractivity (Wildman–Crippen MR) is 103 cm³/mol. The number of hydrogen-bond donors (Lipinski definition) is 2. The van der Waals surface area contributed by atoms with Crippen molar-refractivity contribution in [2.24, 2.45) is 0 Å². The van der Waals surface area contributed by atoms with Crippen LogP contribution in [0.4, 0.5) is 4.79 Å². The third kappa shape index (κ3) is 6.47. The number of nitrogens with one attached hydrogen (secondary N) is 2. The van der Waals surface area contributed by atoms with Gasteiger partial charge < -0.3 is 15.4 Å². The molecule has 0 saturated carbocycles. The van der Waals surface area contributed by atoms with Crippen molar-refractivity contribution >= 4 is 33.4 Å². The van der Waals surface area contributed by atoms with Crippen molar-refractivity contribution in [3.05, 3.63) is 17.0 Å². The quantitative estimate of drug-likeness (QED) is 0.763. The molecule has 2 rings (SSSR count). The van der Waals surface area contributed by atoms with E-state index in [1.165, 1.54) is 11.2 Å². The zero-order chi connectivity index (χ0) is 20.2. The zero-order valence-electron chi connectivity index (χ0n) is 16.1. The molecule has 0 bridgehead atoms. The summed E-state index contributed by atoms with van der Waals surface area (Å²) in [4.78, 5) is 23.6. The number of piperidine rings is 1. The molecule has 1 saturated heterocycles. The Morgan fingerprint density at radius 2 is 1.89 bits per heavy atom. The fraction of sp³-hybridized carbons (Fsp3) is 0.647. The minimum absolute atomic E-state index is 0.107. The van der Waals surface area contributed by atoms with Gasteiger partial charge in [0, 0.05) is 30.9 Å². The standard InChI is InChI=1S/C17H27N3O5S2/c1-12(21)18-11-14-5-6-15(26-14)27(23,24)20-9-7-13(8-10-20)19-16(22)25-17(2,3)4/h5-6,13H,7-11H2,1-4H3,(H,18,21)(H,19,22). The Hall–Kier alpha value is -1.65. The van der Waals surface area contributed by atoms with Crippen molar-refractivity contribution in [1.82, 2.24) is 14.9 Å². The average molecular weight is 418 g/mol. The summed E-state index contributed by atoms with van der Waals surface area (Å²) in [7, 11) is -3.57. The number of alkyl carbamates (subject to hydrolysis) is 1. The summed E-state index contributed by atoms with van der Waals surface area (Å²) < 4.78 is 32.5. The lowest BCUT2D eigenvalue weighted by atomic mass is 10.1. The number of hydrogen-bond acceptors (Lipinski definition) is 6. The highest BCUT2D eigenvalue weighted by atomic mass is 32.2. The van der Waals surface area contributed by atoms with E-state index in [2.05, 4.69) is 10.6 Å². The number of sulfonamides is 1. The number of carbonyl (C=O) groups is 2. The molecule has 1 fully saturated rings. The second-order valence-corrected chi connectivity index (χ2v) is 10.8. The minimum atomic E-state index is -3.57. The van der Waals surface area contributed by atoms with Crippen LogP contribution < -0.4 is 10.6 Å². The molecule has 2 N–H and O–H groups in total. The highest BCUT2D eigenvalue weighted by Crippen LogP contribution is 2.27. The summed E-state index contributed by atoms with van der Waals surface area (Å²) in [5, 5.41) is 5.46. The van der Waals surface area contributed by atoms with Gasteiger partial charge in [-0.3, -0.25) is 4.79 Å². The predicted octanol–water partition coefficient (Wildman–Crippen LogP) is 2.06. The summed E-state index contributed by atoms with van der Waals surface area (Å²) in [6.45, 7) is 7.79. The molecule has 1 aromatic rings. The lowest BCUT2D eigenvalue weighted by Crippen LogP contribution is -2.47. The minimum Gasteiger partial charge on any atom is -0.444 e. The highest BCUT2D eigenvalue weighted by Gasteiger charge is 2.31. The maximum Gasteiger partial charge on any atom is 0.407 e. The second-order valence-electron chi connectivity index (χ2n) is 7.46. The molecule has 1 aromatic heterocycles. The number of rotatable bonds is 5. The Balaban J connectivity index is 1.91. The van der Waals surface area contributed by atoms with Crippen LogP contribution in [0.3, 0.4) is 0 Å². The van der Waals surface area contributed by atoms with E-state index in [0.717, 1.165) is 16.2 Å². The lowest BCUT2D eigenvalue weighted by Gasteiger charge is -2.31. The first-order chi connectivity index (χ1) is 12.5. The fourth-order valence-electron chi connectivity index (χ4n) is 2.65. The molecule has 2 amide bonds. The Bertz CT molecular complexity index is 775. The molecule has 10 heteroatoms. The maximum atomic E-state index is 12.8. The highest BCUT2D eigenvalue weighted by molar-refractivity contribution is 7.91. The zero-order valence-corrected chi connectivity index (χ0v) is 17.7. The van der Waals surface area contributed by atoms with Crippen LogP contribution in [0, 0.1) is 0 Å². The molecule has 152 valence electrons. The Morgan fingerprint density at radius 1 is 1.26 bits per heavy atom. The molecule has 0 unspecified atom stereocenters. The molecule has 0 aromatic carbocycles. The summed E-state index contributed by atoms with van der Waals surface area (Å²) in [5.41, 5.74) is -0.567. The number of thiophene rings is 1. The first kappa shape index (κ1) is 21.6. The fourth-order valence-corrected chi connectivity index (χ4v) is 5.56. The summed E-state index contributed by atoms with van der Waals surface area (Å²) >= 11 is 1.16. The largest absolute Gasteiger partial charge is 0.444 e. The first-order valence-corrected chi connectivity index (χ1v) is 11.1. The van der Waals surface area contributed by atoms with Gasteiger partial charge in [-0.25, -0.2) is 13.2 Å². The van der Waals surface area contributed by atoms with Crippen LogP contribution in [0.1, 0.15) is 45.4 Å². The van der Waals surface area contributed by atoms with E-state index in [4.69, 9.17) is 4.74 Å². The van der Waals surface area contributed by atoms with Crippen LogP contribution in [0.2, 0.25) is 0 Å². The van der Waals surface area contributed by atoms with Gasteiger partial charge in [-0.2, -0.15) is 4.31 Å².